The number of nitrogens with zero attached hydrogens (tertiary/aromatic N) is 3. The number of hydrogen-bond donors (Lipinski definition) is 1. The molecule has 6 heteroatoms. The van der Waals surface area contributed by atoms with E-state index in [1.165, 1.54) is 6.42 Å². The van der Waals surface area contributed by atoms with E-state index in [0.29, 0.717) is 32.0 Å². The van der Waals surface area contributed by atoms with Crippen LogP contribution in [0.1, 0.15) is 30.9 Å². The molecular weight excluding hydrogens is 268 g/mol. The first-order chi connectivity index (χ1) is 10.2. The number of aromatic nitrogens is 2. The van der Waals surface area contributed by atoms with Gasteiger partial charge in [-0.25, -0.2) is 0 Å². The van der Waals surface area contributed by atoms with E-state index < -0.39 is 0 Å². The van der Waals surface area contributed by atoms with E-state index in [0.717, 1.165) is 25.1 Å². The van der Waals surface area contributed by atoms with Crippen LogP contribution in [0, 0.1) is 5.92 Å². The van der Waals surface area contributed by atoms with Crippen LogP contribution in [0.5, 0.6) is 0 Å². The van der Waals surface area contributed by atoms with Crippen LogP contribution in [-0.2, 0) is 16.6 Å². The second-order valence-electron chi connectivity index (χ2n) is 6.04. The molecule has 116 valence electrons. The van der Waals surface area contributed by atoms with E-state index in [1.807, 2.05) is 24.3 Å². The molecule has 1 aromatic heterocycles. The molecule has 2 fully saturated rings. The zero-order valence-electron chi connectivity index (χ0n) is 12.6. The Kier molecular flexibility index (Phi) is 4.55. The molecule has 3 heterocycles. The van der Waals surface area contributed by atoms with Crippen molar-refractivity contribution in [3.8, 4) is 0 Å². The van der Waals surface area contributed by atoms with Crippen LogP contribution < -0.4 is 5.32 Å². The van der Waals surface area contributed by atoms with E-state index in [2.05, 4.69) is 10.4 Å². The molecule has 0 bridgehead atoms. The third-order valence-corrected chi connectivity index (χ3v) is 4.44. The van der Waals surface area contributed by atoms with Gasteiger partial charge in [-0.1, -0.05) is 0 Å². The lowest BCUT2D eigenvalue weighted by Gasteiger charge is -2.32. The Morgan fingerprint density at radius 3 is 3.19 bits per heavy atom. The van der Waals surface area contributed by atoms with E-state index in [-0.39, 0.29) is 12.0 Å². The normalized spacial score (nSPS) is 26.2. The third kappa shape index (κ3) is 3.63. The number of hydrogen-bond acceptors (Lipinski definition) is 4. The maximum Gasteiger partial charge on any atom is 0.222 e. The maximum atomic E-state index is 12.4. The molecule has 0 saturated carbocycles. The van der Waals surface area contributed by atoms with Crippen molar-refractivity contribution >= 4 is 5.91 Å². The van der Waals surface area contributed by atoms with Gasteiger partial charge in [0.15, 0.2) is 0 Å². The van der Waals surface area contributed by atoms with Gasteiger partial charge in [0, 0.05) is 31.8 Å². The molecule has 21 heavy (non-hydrogen) atoms. The minimum atomic E-state index is -0.0375. The molecule has 1 N–H and O–H groups in total. The number of carbonyl (C=O) groups is 1. The molecule has 0 aliphatic carbocycles. The lowest BCUT2D eigenvalue weighted by atomic mass is 10.0. The average molecular weight is 292 g/mol. The van der Waals surface area contributed by atoms with Crippen molar-refractivity contribution in [3.63, 3.8) is 0 Å². The summed E-state index contributed by atoms with van der Waals surface area (Å²) in [5.41, 5.74) is 1.05. The molecule has 3 rings (SSSR count). The Morgan fingerprint density at radius 2 is 2.48 bits per heavy atom. The number of aryl methyl sites for hydroxylation is 1. The minimum Gasteiger partial charge on any atom is -0.370 e. The predicted octanol–water partition coefficient (Wildman–Crippen LogP) is 0.710. The van der Waals surface area contributed by atoms with Gasteiger partial charge in [-0.05, 0) is 31.8 Å². The first kappa shape index (κ1) is 14.5. The Bertz CT molecular complexity index is 482. The van der Waals surface area contributed by atoms with Gasteiger partial charge in [0.25, 0.3) is 0 Å². The average Bonchev–Trinajstić information content (AvgIpc) is 3.16. The molecule has 2 aliphatic heterocycles. The SMILES string of the molecule is Cn1cc(C2CN(C(=O)CCC3CCNC3)CCO2)cn1. The lowest BCUT2D eigenvalue weighted by Crippen LogP contribution is -2.42. The Balaban J connectivity index is 1.51. The number of carbonyl (C=O) groups excluding carboxylic acids is 1. The number of amides is 1. The fraction of sp³-hybridized carbons (Fsp3) is 0.733. The van der Waals surface area contributed by atoms with Crippen LogP contribution in [0.2, 0.25) is 0 Å². The molecule has 2 atom stereocenters. The second-order valence-corrected chi connectivity index (χ2v) is 6.04. The number of rotatable bonds is 4. The molecule has 2 saturated heterocycles. The number of morpholine rings is 1. The standard InChI is InChI=1S/C15H24N4O2/c1-18-10-13(9-17-18)14-11-19(6-7-21-14)15(20)3-2-12-4-5-16-8-12/h9-10,12,14,16H,2-8,11H2,1H3. The summed E-state index contributed by atoms with van der Waals surface area (Å²) >= 11 is 0. The van der Waals surface area contributed by atoms with Gasteiger partial charge in [0.05, 0.1) is 19.3 Å². The summed E-state index contributed by atoms with van der Waals surface area (Å²) in [5, 5.41) is 7.53. The molecule has 2 unspecified atom stereocenters. The van der Waals surface area contributed by atoms with Crippen molar-refractivity contribution in [2.24, 2.45) is 13.0 Å². The van der Waals surface area contributed by atoms with Crippen LogP contribution in [0.4, 0.5) is 0 Å². The lowest BCUT2D eigenvalue weighted by molar-refractivity contribution is -0.139. The van der Waals surface area contributed by atoms with Gasteiger partial charge in [0.1, 0.15) is 6.10 Å². The highest BCUT2D eigenvalue weighted by atomic mass is 16.5. The molecule has 0 radical (unpaired) electrons. The van der Waals surface area contributed by atoms with Crippen LogP contribution >= 0.6 is 0 Å². The second kappa shape index (κ2) is 6.58. The summed E-state index contributed by atoms with van der Waals surface area (Å²) < 4.78 is 7.55. The minimum absolute atomic E-state index is 0.0375. The van der Waals surface area contributed by atoms with Crippen molar-refractivity contribution < 1.29 is 9.53 Å². The highest BCUT2D eigenvalue weighted by molar-refractivity contribution is 5.76. The topological polar surface area (TPSA) is 59.4 Å². The fourth-order valence-corrected chi connectivity index (χ4v) is 3.13. The van der Waals surface area contributed by atoms with Crippen molar-refractivity contribution in [2.45, 2.75) is 25.4 Å². The van der Waals surface area contributed by atoms with Crippen molar-refractivity contribution in [2.75, 3.05) is 32.8 Å². The zero-order valence-corrected chi connectivity index (χ0v) is 12.6. The monoisotopic (exact) mass is 292 g/mol. The molecule has 0 spiro atoms. The van der Waals surface area contributed by atoms with E-state index in [4.69, 9.17) is 4.74 Å². The van der Waals surface area contributed by atoms with Crippen molar-refractivity contribution in [1.82, 2.24) is 20.0 Å². The first-order valence-electron chi connectivity index (χ1n) is 7.81. The summed E-state index contributed by atoms with van der Waals surface area (Å²) in [6.45, 7) is 4.12. The third-order valence-electron chi connectivity index (χ3n) is 4.44. The van der Waals surface area contributed by atoms with Gasteiger partial charge < -0.3 is 15.0 Å². The Hall–Kier alpha value is -1.40. The summed E-state index contributed by atoms with van der Waals surface area (Å²) in [6.07, 6.45) is 6.61. The first-order valence-corrected chi connectivity index (χ1v) is 7.81. The highest BCUT2D eigenvalue weighted by Gasteiger charge is 2.26. The summed E-state index contributed by atoms with van der Waals surface area (Å²) in [5.74, 6) is 0.934. The van der Waals surface area contributed by atoms with Gasteiger partial charge >= 0.3 is 0 Å². The fourth-order valence-electron chi connectivity index (χ4n) is 3.13. The smallest absolute Gasteiger partial charge is 0.222 e. The van der Waals surface area contributed by atoms with Gasteiger partial charge in [0.2, 0.25) is 5.91 Å². The quantitative estimate of drug-likeness (QED) is 0.888. The highest BCUT2D eigenvalue weighted by Crippen LogP contribution is 2.23. The number of nitrogens with one attached hydrogen (secondary N) is 1. The summed E-state index contributed by atoms with van der Waals surface area (Å²) in [4.78, 5) is 14.3. The number of ether oxygens (including phenoxy) is 1. The van der Waals surface area contributed by atoms with Crippen molar-refractivity contribution in [1.29, 1.82) is 0 Å². The zero-order chi connectivity index (χ0) is 14.7. The van der Waals surface area contributed by atoms with E-state index >= 15 is 0 Å². The maximum absolute atomic E-state index is 12.4. The van der Waals surface area contributed by atoms with E-state index in [1.54, 1.807) is 4.68 Å². The molecular formula is C15H24N4O2. The molecule has 2 aliphatic rings. The van der Waals surface area contributed by atoms with Crippen molar-refractivity contribution in [3.05, 3.63) is 18.0 Å². The Morgan fingerprint density at radius 1 is 1.57 bits per heavy atom. The van der Waals surface area contributed by atoms with Crippen LogP contribution in [0.3, 0.4) is 0 Å². The van der Waals surface area contributed by atoms with Gasteiger partial charge in [-0.2, -0.15) is 5.10 Å². The molecule has 1 aromatic rings. The molecule has 0 aromatic carbocycles. The van der Waals surface area contributed by atoms with Crippen LogP contribution in [0.25, 0.3) is 0 Å². The summed E-state index contributed by atoms with van der Waals surface area (Å²) in [6, 6.07) is 0. The predicted molar refractivity (Wildman–Crippen MR) is 78.7 cm³/mol. The Labute approximate surface area is 125 Å². The van der Waals surface area contributed by atoms with E-state index in [9.17, 15) is 4.79 Å². The van der Waals surface area contributed by atoms with Gasteiger partial charge in [-0.15, -0.1) is 0 Å². The molecule has 1 amide bonds. The summed E-state index contributed by atoms with van der Waals surface area (Å²) in [7, 11) is 1.89. The molecule has 6 nitrogen and oxygen atoms in total. The van der Waals surface area contributed by atoms with Crippen LogP contribution in [-0.4, -0.2) is 53.4 Å². The van der Waals surface area contributed by atoms with Gasteiger partial charge in [-0.3, -0.25) is 9.48 Å². The van der Waals surface area contributed by atoms with Crippen LogP contribution in [0.15, 0.2) is 12.4 Å². The largest absolute Gasteiger partial charge is 0.370 e.